The topological polar surface area (TPSA) is 102 Å². The molecule has 0 radical (unpaired) electrons. The number of hydrogen-bond donors (Lipinski definition) is 3. The third-order valence-corrected chi connectivity index (χ3v) is 4.36. The monoisotopic (exact) mass is 548 g/mol. The molecule has 0 aliphatic rings. The van der Waals surface area contributed by atoms with Crippen molar-refractivity contribution in [3.8, 4) is 5.75 Å². The summed E-state index contributed by atoms with van der Waals surface area (Å²) in [5.41, 5.74) is 7.62. The first-order valence-corrected chi connectivity index (χ1v) is 10.2. The second-order valence-corrected chi connectivity index (χ2v) is 7.30. The van der Waals surface area contributed by atoms with Crippen molar-refractivity contribution < 1.29 is 13.9 Å². The average molecular weight is 548 g/mol. The zero-order chi connectivity index (χ0) is 22.1. The molecule has 0 saturated heterocycles. The number of hydrogen-bond acceptors (Lipinski definition) is 4. The Labute approximate surface area is 205 Å². The van der Waals surface area contributed by atoms with E-state index < -0.39 is 5.91 Å². The Morgan fingerprint density at radius 1 is 1.12 bits per heavy atom. The van der Waals surface area contributed by atoms with Gasteiger partial charge in [-0.2, -0.15) is 0 Å². The van der Waals surface area contributed by atoms with E-state index in [0.717, 1.165) is 29.2 Å². The first-order chi connectivity index (χ1) is 15.0. The van der Waals surface area contributed by atoms with Gasteiger partial charge in [-0.3, -0.25) is 4.79 Å². The average Bonchev–Trinajstić information content (AvgIpc) is 3.26. The molecule has 1 amide bonds. The summed E-state index contributed by atoms with van der Waals surface area (Å²) in [4.78, 5) is 16.1. The van der Waals surface area contributed by atoms with Gasteiger partial charge in [0.05, 0.1) is 18.9 Å². The van der Waals surface area contributed by atoms with Gasteiger partial charge in [0, 0.05) is 24.2 Å². The number of primary amides is 1. The van der Waals surface area contributed by atoms with E-state index in [4.69, 9.17) is 14.9 Å². The van der Waals surface area contributed by atoms with Crippen molar-refractivity contribution in [3.05, 3.63) is 83.8 Å². The number of furan rings is 1. The fourth-order valence-electron chi connectivity index (χ4n) is 2.92. The molecule has 0 bridgehead atoms. The van der Waals surface area contributed by atoms with E-state index in [0.29, 0.717) is 24.6 Å². The lowest BCUT2D eigenvalue weighted by Gasteiger charge is -2.14. The second kappa shape index (κ2) is 12.7. The van der Waals surface area contributed by atoms with Gasteiger partial charge in [-0.25, -0.2) is 4.99 Å². The Balaban J connectivity index is 0.00000363. The maximum atomic E-state index is 11.4. The fourth-order valence-corrected chi connectivity index (χ4v) is 2.92. The SMILES string of the molecule is CC(C)Oc1ccc(NC(=NCc2cccc(C(N)=O)c2)NCCc2ccco2)cc1.I. The van der Waals surface area contributed by atoms with Crippen LogP contribution in [-0.2, 0) is 13.0 Å². The molecule has 0 saturated carbocycles. The summed E-state index contributed by atoms with van der Waals surface area (Å²) in [5, 5.41) is 6.63. The standard InChI is InChI=1S/C24H28N4O3.HI/c1-17(2)31-22-10-8-20(9-11-22)28-24(26-13-12-21-7-4-14-30-21)27-16-18-5-3-6-19(15-18)23(25)29;/h3-11,14-15,17H,12-13,16H2,1-2H3,(H2,25,29)(H2,26,27,28);1H. The number of carbonyl (C=O) groups is 1. The van der Waals surface area contributed by atoms with Crippen LogP contribution >= 0.6 is 24.0 Å². The van der Waals surface area contributed by atoms with Crippen LogP contribution in [0.2, 0.25) is 0 Å². The first kappa shape index (κ1) is 25.3. The Bertz CT molecular complexity index is 1000. The van der Waals surface area contributed by atoms with Gasteiger partial charge in [-0.1, -0.05) is 12.1 Å². The van der Waals surface area contributed by atoms with Gasteiger partial charge in [-0.15, -0.1) is 24.0 Å². The molecule has 32 heavy (non-hydrogen) atoms. The summed E-state index contributed by atoms with van der Waals surface area (Å²) in [6, 6.07) is 18.7. The highest BCUT2D eigenvalue weighted by atomic mass is 127. The Morgan fingerprint density at radius 3 is 2.56 bits per heavy atom. The Kier molecular flexibility index (Phi) is 10.1. The van der Waals surface area contributed by atoms with Crippen LogP contribution < -0.4 is 21.1 Å². The first-order valence-electron chi connectivity index (χ1n) is 10.2. The Hall–Kier alpha value is -3.01. The maximum Gasteiger partial charge on any atom is 0.248 e. The van der Waals surface area contributed by atoms with Gasteiger partial charge in [0.2, 0.25) is 5.91 Å². The van der Waals surface area contributed by atoms with Crippen molar-refractivity contribution in [3.63, 3.8) is 0 Å². The van der Waals surface area contributed by atoms with Crippen molar-refractivity contribution in [1.82, 2.24) is 5.32 Å². The lowest BCUT2D eigenvalue weighted by molar-refractivity contribution is 0.1000. The van der Waals surface area contributed by atoms with Crippen molar-refractivity contribution in [2.75, 3.05) is 11.9 Å². The highest BCUT2D eigenvalue weighted by molar-refractivity contribution is 14.0. The van der Waals surface area contributed by atoms with E-state index in [2.05, 4.69) is 15.6 Å². The van der Waals surface area contributed by atoms with Crippen LogP contribution in [0, 0.1) is 0 Å². The van der Waals surface area contributed by atoms with Gasteiger partial charge >= 0.3 is 0 Å². The maximum absolute atomic E-state index is 11.4. The number of nitrogens with one attached hydrogen (secondary N) is 2. The number of halogens is 1. The van der Waals surface area contributed by atoms with Crippen LogP contribution in [0.3, 0.4) is 0 Å². The molecule has 3 rings (SSSR count). The molecule has 2 aromatic carbocycles. The highest BCUT2D eigenvalue weighted by Gasteiger charge is 2.05. The van der Waals surface area contributed by atoms with Crippen molar-refractivity contribution in [2.45, 2.75) is 32.9 Å². The second-order valence-electron chi connectivity index (χ2n) is 7.30. The summed E-state index contributed by atoms with van der Waals surface area (Å²) >= 11 is 0. The number of nitrogens with zero attached hydrogens (tertiary/aromatic N) is 1. The number of benzene rings is 2. The third kappa shape index (κ3) is 8.26. The molecule has 0 fully saturated rings. The number of anilines is 1. The van der Waals surface area contributed by atoms with Gasteiger partial charge in [0.15, 0.2) is 5.96 Å². The van der Waals surface area contributed by atoms with Crippen LogP contribution in [0.5, 0.6) is 5.75 Å². The fraction of sp³-hybridized carbons (Fsp3) is 0.250. The molecule has 0 spiro atoms. The third-order valence-electron chi connectivity index (χ3n) is 4.36. The molecule has 4 N–H and O–H groups in total. The molecule has 1 aromatic heterocycles. The largest absolute Gasteiger partial charge is 0.491 e. The number of nitrogens with two attached hydrogens (primary N) is 1. The smallest absolute Gasteiger partial charge is 0.248 e. The minimum absolute atomic E-state index is 0. The van der Waals surface area contributed by atoms with Crippen LogP contribution in [0.25, 0.3) is 0 Å². The predicted molar refractivity (Wildman–Crippen MR) is 138 cm³/mol. The number of carbonyl (C=O) groups excluding carboxylic acids is 1. The van der Waals surface area contributed by atoms with E-state index in [9.17, 15) is 4.79 Å². The molecule has 3 aromatic rings. The molecule has 0 aliphatic carbocycles. The van der Waals surface area contributed by atoms with E-state index in [1.165, 1.54) is 0 Å². The predicted octanol–water partition coefficient (Wildman–Crippen LogP) is 4.58. The lowest BCUT2D eigenvalue weighted by Crippen LogP contribution is -2.32. The van der Waals surface area contributed by atoms with Crippen molar-refractivity contribution in [1.29, 1.82) is 0 Å². The minimum atomic E-state index is -0.454. The molecule has 170 valence electrons. The van der Waals surface area contributed by atoms with E-state index in [1.54, 1.807) is 24.5 Å². The molecule has 0 unspecified atom stereocenters. The number of amides is 1. The van der Waals surface area contributed by atoms with Crippen LogP contribution in [0.15, 0.2) is 76.3 Å². The van der Waals surface area contributed by atoms with Crippen molar-refractivity contribution >= 4 is 41.5 Å². The molecular weight excluding hydrogens is 519 g/mol. The normalized spacial score (nSPS) is 11.0. The highest BCUT2D eigenvalue weighted by Crippen LogP contribution is 2.17. The zero-order valence-corrected chi connectivity index (χ0v) is 20.5. The number of rotatable bonds is 9. The Morgan fingerprint density at radius 2 is 1.91 bits per heavy atom. The van der Waals surface area contributed by atoms with E-state index in [-0.39, 0.29) is 30.1 Å². The summed E-state index contributed by atoms with van der Waals surface area (Å²) in [5.74, 6) is 1.88. The molecular formula is C24H29IN4O3. The van der Waals surface area contributed by atoms with Crippen LogP contribution in [0.1, 0.15) is 35.5 Å². The van der Waals surface area contributed by atoms with Gasteiger partial charge in [-0.05, 0) is 67.9 Å². The molecule has 0 aliphatic heterocycles. The number of guanidine groups is 1. The quantitative estimate of drug-likeness (QED) is 0.206. The molecule has 8 heteroatoms. The zero-order valence-electron chi connectivity index (χ0n) is 18.2. The minimum Gasteiger partial charge on any atom is -0.491 e. The van der Waals surface area contributed by atoms with Crippen LogP contribution in [-0.4, -0.2) is 24.5 Å². The van der Waals surface area contributed by atoms with Crippen LogP contribution in [0.4, 0.5) is 5.69 Å². The lowest BCUT2D eigenvalue weighted by atomic mass is 10.1. The summed E-state index contributed by atoms with van der Waals surface area (Å²) in [7, 11) is 0. The van der Waals surface area contributed by atoms with Gasteiger partial charge in [0.25, 0.3) is 0 Å². The van der Waals surface area contributed by atoms with Gasteiger partial charge < -0.3 is 25.5 Å². The van der Waals surface area contributed by atoms with E-state index >= 15 is 0 Å². The van der Waals surface area contributed by atoms with Gasteiger partial charge in [0.1, 0.15) is 11.5 Å². The summed E-state index contributed by atoms with van der Waals surface area (Å²) < 4.78 is 11.1. The molecule has 1 heterocycles. The van der Waals surface area contributed by atoms with E-state index in [1.807, 2.05) is 56.3 Å². The summed E-state index contributed by atoms with van der Waals surface area (Å²) in [6.45, 7) is 5.03. The molecule has 7 nitrogen and oxygen atoms in total. The number of ether oxygens (including phenoxy) is 1. The van der Waals surface area contributed by atoms with Crippen molar-refractivity contribution in [2.24, 2.45) is 10.7 Å². The summed E-state index contributed by atoms with van der Waals surface area (Å²) in [6.07, 6.45) is 2.51. The number of aliphatic imine (C=N–C) groups is 1. The molecule has 0 atom stereocenters.